The van der Waals surface area contributed by atoms with Crippen LogP contribution < -0.4 is 5.32 Å². The van der Waals surface area contributed by atoms with Crippen LogP contribution >= 0.6 is 15.9 Å². The van der Waals surface area contributed by atoms with Gasteiger partial charge in [-0.25, -0.2) is 13.2 Å². The van der Waals surface area contributed by atoms with Crippen molar-refractivity contribution < 1.29 is 40.9 Å². The minimum Gasteiger partial charge on any atom is -0.477 e. The van der Waals surface area contributed by atoms with Crippen LogP contribution in [0.4, 0.5) is 0 Å². The Balaban J connectivity index is 2.30. The molecule has 2 aliphatic rings. The molecule has 0 aromatic carbocycles. The summed E-state index contributed by atoms with van der Waals surface area (Å²) in [6.07, 6.45) is -0.244. The average Bonchev–Trinajstić information content (AvgIpc) is 2.85. The summed E-state index contributed by atoms with van der Waals surface area (Å²) in [6, 6.07) is -0.777. The third-order valence-electron chi connectivity index (χ3n) is 3.94. The summed E-state index contributed by atoms with van der Waals surface area (Å²) in [6.45, 7) is 2.47. The highest BCUT2D eigenvalue weighted by molar-refractivity contribution is 9.13. The molecular formula is C13H15BrN2O9S2. The molecule has 3 N–H and O–H groups in total. The molecule has 11 nitrogen and oxygen atoms in total. The van der Waals surface area contributed by atoms with Crippen LogP contribution in [0.1, 0.15) is 20.3 Å². The third-order valence-corrected chi connectivity index (χ3v) is 6.88. The van der Waals surface area contributed by atoms with Crippen molar-refractivity contribution in [1.82, 2.24) is 10.2 Å². The first-order valence-corrected chi connectivity index (χ1v) is 10.7. The van der Waals surface area contributed by atoms with E-state index in [0.29, 0.717) is 0 Å². The summed E-state index contributed by atoms with van der Waals surface area (Å²) in [5, 5.41) is 11.7. The Morgan fingerprint density at radius 2 is 2.07 bits per heavy atom. The van der Waals surface area contributed by atoms with Gasteiger partial charge in [-0.2, -0.15) is 8.42 Å². The van der Waals surface area contributed by atoms with Crippen molar-refractivity contribution in [3.63, 3.8) is 0 Å². The normalized spacial score (nSPS) is 25.0. The minimum absolute atomic E-state index is 0.0137. The molecule has 0 aromatic heterocycles. The predicted molar refractivity (Wildman–Crippen MR) is 94.5 cm³/mol. The fourth-order valence-electron chi connectivity index (χ4n) is 2.96. The number of carbonyl (C=O) groups is 3. The molecule has 0 saturated carbocycles. The lowest BCUT2D eigenvalue weighted by molar-refractivity contribution is -0.160. The standard InChI is InChI=1S/C13H15BrN2O9S2/c1-5(25-27(22,23)24)10-7-3-8(11(13(19)20)16(7)12(10)18)26(21)9(14)4-15-6(2)17/h4-5,7,10H,3H2,1-2H3,(H,15,17)(H,19,20)(H,22,23,24)/t5-,7+,10-,26?/m0/s1. The van der Waals surface area contributed by atoms with Gasteiger partial charge in [0.15, 0.2) is 0 Å². The van der Waals surface area contributed by atoms with E-state index >= 15 is 0 Å². The third kappa shape index (κ3) is 4.45. The number of nitrogens with zero attached hydrogens (tertiary/aromatic N) is 1. The summed E-state index contributed by atoms with van der Waals surface area (Å²) in [5.74, 6) is -3.66. The number of hydrogen-bond donors (Lipinski definition) is 3. The number of halogens is 1. The number of rotatable bonds is 7. The number of amides is 2. The first kappa shape index (κ1) is 21.7. The zero-order chi connectivity index (χ0) is 20.7. The van der Waals surface area contributed by atoms with Crippen molar-refractivity contribution in [3.8, 4) is 0 Å². The van der Waals surface area contributed by atoms with Gasteiger partial charge in [0.05, 0.1) is 33.8 Å². The van der Waals surface area contributed by atoms with E-state index in [1.807, 2.05) is 0 Å². The van der Waals surface area contributed by atoms with Gasteiger partial charge in [0.25, 0.3) is 0 Å². The Morgan fingerprint density at radius 3 is 2.56 bits per heavy atom. The maximum absolute atomic E-state index is 12.6. The van der Waals surface area contributed by atoms with Gasteiger partial charge in [0.1, 0.15) is 9.51 Å². The zero-order valence-corrected chi connectivity index (χ0v) is 17.1. The van der Waals surface area contributed by atoms with Crippen molar-refractivity contribution >= 4 is 54.9 Å². The largest absolute Gasteiger partial charge is 0.477 e. The second-order valence-electron chi connectivity index (χ2n) is 5.73. The molecule has 2 heterocycles. The van der Waals surface area contributed by atoms with Gasteiger partial charge in [-0.05, 0) is 22.9 Å². The van der Waals surface area contributed by atoms with Gasteiger partial charge in [-0.3, -0.25) is 14.1 Å². The highest BCUT2D eigenvalue weighted by Gasteiger charge is 2.58. The molecule has 2 amide bonds. The van der Waals surface area contributed by atoms with Crippen LogP contribution in [0.5, 0.6) is 0 Å². The van der Waals surface area contributed by atoms with Crippen molar-refractivity contribution in [3.05, 3.63) is 20.6 Å². The number of aliphatic carboxylic acids is 1. The molecule has 14 heteroatoms. The second kappa shape index (κ2) is 7.79. The number of carbonyl (C=O) groups excluding carboxylic acids is 2. The molecule has 2 aliphatic heterocycles. The number of carboxylic acids is 1. The number of fused-ring (bicyclic) bond motifs is 1. The van der Waals surface area contributed by atoms with E-state index in [2.05, 4.69) is 25.4 Å². The highest BCUT2D eigenvalue weighted by atomic mass is 79.9. The Hall–Kier alpha value is -1.61. The molecule has 0 spiro atoms. The van der Waals surface area contributed by atoms with Crippen LogP contribution in [0.3, 0.4) is 0 Å². The van der Waals surface area contributed by atoms with E-state index in [1.165, 1.54) is 13.8 Å². The first-order valence-electron chi connectivity index (χ1n) is 7.35. The lowest BCUT2D eigenvalue weighted by atomic mass is 9.83. The van der Waals surface area contributed by atoms with E-state index in [0.717, 1.165) is 11.1 Å². The topological polar surface area (TPSA) is 167 Å². The summed E-state index contributed by atoms with van der Waals surface area (Å²) >= 11 is 3.00. The molecule has 0 bridgehead atoms. The molecule has 1 fully saturated rings. The number of nitrogens with one attached hydrogen (secondary N) is 1. The molecule has 2 rings (SSSR count). The Labute approximate surface area is 165 Å². The SMILES string of the molecule is CC(=O)NC=C(Br)S(=O)C1=C(C(=O)O)N2C(=O)[C@@H]([C@H](C)OS(=O)(=O)O)[C@H]2C1. The van der Waals surface area contributed by atoms with Crippen molar-refractivity contribution in [1.29, 1.82) is 0 Å². The van der Waals surface area contributed by atoms with Gasteiger partial charge in [-0.15, -0.1) is 0 Å². The average molecular weight is 487 g/mol. The summed E-state index contributed by atoms with van der Waals surface area (Å²) < 4.78 is 47.5. The molecule has 0 aromatic rings. The Morgan fingerprint density at radius 1 is 1.48 bits per heavy atom. The van der Waals surface area contributed by atoms with Gasteiger partial charge >= 0.3 is 16.4 Å². The van der Waals surface area contributed by atoms with Gasteiger partial charge in [0.2, 0.25) is 11.8 Å². The van der Waals surface area contributed by atoms with E-state index in [-0.39, 0.29) is 15.1 Å². The fourth-order valence-corrected chi connectivity index (χ4v) is 5.25. The quantitative estimate of drug-likeness (QED) is 0.325. The van der Waals surface area contributed by atoms with Gasteiger partial charge in [0, 0.05) is 19.5 Å². The summed E-state index contributed by atoms with van der Waals surface area (Å²) in [7, 11) is -6.81. The molecule has 150 valence electrons. The van der Waals surface area contributed by atoms with Crippen LogP contribution in [-0.4, -0.2) is 57.1 Å². The van der Waals surface area contributed by atoms with Crippen LogP contribution in [0.2, 0.25) is 0 Å². The van der Waals surface area contributed by atoms with Crippen LogP contribution in [0.25, 0.3) is 0 Å². The summed E-state index contributed by atoms with van der Waals surface area (Å²) in [5.41, 5.74) is -0.466. The molecule has 4 atom stereocenters. The van der Waals surface area contributed by atoms with Crippen molar-refractivity contribution in [2.45, 2.75) is 32.4 Å². The van der Waals surface area contributed by atoms with E-state index in [4.69, 9.17) is 4.55 Å². The van der Waals surface area contributed by atoms with E-state index < -0.39 is 62.7 Å². The molecule has 0 radical (unpaired) electrons. The monoisotopic (exact) mass is 486 g/mol. The first-order chi connectivity index (χ1) is 12.3. The Kier molecular flexibility index (Phi) is 6.26. The zero-order valence-electron chi connectivity index (χ0n) is 13.9. The van der Waals surface area contributed by atoms with E-state index in [9.17, 15) is 32.1 Å². The van der Waals surface area contributed by atoms with Crippen LogP contribution in [0, 0.1) is 5.92 Å². The molecule has 1 saturated heterocycles. The molecule has 1 unspecified atom stereocenters. The highest BCUT2D eigenvalue weighted by Crippen LogP contribution is 2.46. The summed E-state index contributed by atoms with van der Waals surface area (Å²) in [4.78, 5) is 35.7. The van der Waals surface area contributed by atoms with Crippen molar-refractivity contribution in [2.75, 3.05) is 0 Å². The van der Waals surface area contributed by atoms with Crippen LogP contribution in [0.15, 0.2) is 20.6 Å². The lowest BCUT2D eigenvalue weighted by Gasteiger charge is -2.45. The molecule has 0 aliphatic carbocycles. The van der Waals surface area contributed by atoms with Gasteiger partial charge in [-0.1, -0.05) is 0 Å². The molecule has 27 heavy (non-hydrogen) atoms. The number of hydrogen-bond acceptors (Lipinski definition) is 7. The maximum atomic E-state index is 12.6. The van der Waals surface area contributed by atoms with Crippen LogP contribution in [-0.2, 0) is 39.8 Å². The predicted octanol–water partition coefficient (Wildman–Crippen LogP) is -0.200. The van der Waals surface area contributed by atoms with Crippen molar-refractivity contribution in [2.24, 2.45) is 5.92 Å². The van der Waals surface area contributed by atoms with E-state index in [1.54, 1.807) is 0 Å². The number of β-lactam (4-membered cyclic amide) rings is 1. The number of carboxylic acid groups (broad SMARTS) is 1. The van der Waals surface area contributed by atoms with Gasteiger partial charge < -0.3 is 15.3 Å². The molecular weight excluding hydrogens is 472 g/mol. The Bertz CT molecular complexity index is 895. The minimum atomic E-state index is -4.80. The fraction of sp³-hybridized carbons (Fsp3) is 0.462. The second-order valence-corrected chi connectivity index (χ2v) is 9.63. The lowest BCUT2D eigenvalue weighted by Crippen LogP contribution is -2.62. The smallest absolute Gasteiger partial charge is 0.397 e. The maximum Gasteiger partial charge on any atom is 0.397 e.